The first-order chi connectivity index (χ1) is 17.7. The summed E-state index contributed by atoms with van der Waals surface area (Å²) in [4.78, 5) is 0. The van der Waals surface area contributed by atoms with Crippen LogP contribution < -0.4 is 0 Å². The van der Waals surface area contributed by atoms with Crippen LogP contribution in [0.1, 0.15) is 16.7 Å². The van der Waals surface area contributed by atoms with E-state index in [0.29, 0.717) is 19.8 Å². The van der Waals surface area contributed by atoms with Gasteiger partial charge in [-0.05, 0) is 16.7 Å². The van der Waals surface area contributed by atoms with Crippen molar-refractivity contribution in [2.75, 3.05) is 19.8 Å². The molecule has 1 fully saturated rings. The molecule has 0 aromatic heterocycles. The molecule has 192 valence electrons. The average Bonchev–Trinajstić information content (AvgIpc) is 2.94. The van der Waals surface area contributed by atoms with Crippen LogP contribution in [0.15, 0.2) is 91.0 Å². The lowest BCUT2D eigenvalue weighted by Gasteiger charge is -2.42. The summed E-state index contributed by atoms with van der Waals surface area (Å²) in [5.41, 5.74) is 3.08. The van der Waals surface area contributed by atoms with Gasteiger partial charge in [0.2, 0.25) is 0 Å². The minimum absolute atomic E-state index is 0.0900. The number of hydrogen-bond donors (Lipinski definition) is 2. The van der Waals surface area contributed by atoms with Crippen LogP contribution in [0, 0.1) is 0 Å². The number of benzene rings is 3. The summed E-state index contributed by atoms with van der Waals surface area (Å²) in [6.07, 6.45) is -3.35. The average molecular weight is 495 g/mol. The van der Waals surface area contributed by atoms with Gasteiger partial charge >= 0.3 is 0 Å². The highest BCUT2D eigenvalue weighted by Crippen LogP contribution is 2.27. The van der Waals surface area contributed by atoms with Crippen molar-refractivity contribution in [3.8, 4) is 0 Å². The summed E-state index contributed by atoms with van der Waals surface area (Å²) in [6, 6.07) is 29.7. The standard InChI is InChI=1S/C29H34O7/c30-16-25(31)20-35-29-28(34-19-24-14-8-3-9-15-24)27(33-18-23-12-6-2-7-13-23)26(21-36-29)32-17-22-10-4-1-5-11-22/h1-15,25-31H,16-21H2/t25-,26+,27-,28+,29+/m0/s1. The highest BCUT2D eigenvalue weighted by atomic mass is 16.7. The third-order valence-corrected chi connectivity index (χ3v) is 5.92. The zero-order valence-electron chi connectivity index (χ0n) is 20.2. The molecule has 1 heterocycles. The van der Waals surface area contributed by atoms with Gasteiger partial charge in [0.25, 0.3) is 0 Å². The molecule has 36 heavy (non-hydrogen) atoms. The number of ether oxygens (including phenoxy) is 5. The van der Waals surface area contributed by atoms with Gasteiger partial charge in [-0.2, -0.15) is 0 Å². The van der Waals surface area contributed by atoms with Crippen molar-refractivity contribution in [3.05, 3.63) is 108 Å². The van der Waals surface area contributed by atoms with E-state index >= 15 is 0 Å². The minimum Gasteiger partial charge on any atom is -0.394 e. The van der Waals surface area contributed by atoms with Crippen LogP contribution in [0.2, 0.25) is 0 Å². The van der Waals surface area contributed by atoms with E-state index in [1.807, 2.05) is 91.0 Å². The minimum atomic E-state index is -1.01. The van der Waals surface area contributed by atoms with E-state index in [1.54, 1.807) is 0 Å². The quantitative estimate of drug-likeness (QED) is 0.376. The van der Waals surface area contributed by atoms with Crippen molar-refractivity contribution in [1.82, 2.24) is 0 Å². The first-order valence-electron chi connectivity index (χ1n) is 12.2. The van der Waals surface area contributed by atoms with Crippen LogP contribution in [0.5, 0.6) is 0 Å². The third-order valence-electron chi connectivity index (χ3n) is 5.92. The summed E-state index contributed by atoms with van der Waals surface area (Å²) in [6.45, 7) is 0.839. The maximum absolute atomic E-state index is 9.84. The fourth-order valence-electron chi connectivity index (χ4n) is 3.98. The number of aliphatic hydroxyl groups excluding tert-OH is 2. The van der Waals surface area contributed by atoms with Gasteiger partial charge in [0, 0.05) is 0 Å². The Balaban J connectivity index is 1.52. The topological polar surface area (TPSA) is 86.6 Å². The van der Waals surface area contributed by atoms with Crippen molar-refractivity contribution in [2.24, 2.45) is 0 Å². The largest absolute Gasteiger partial charge is 0.394 e. The van der Waals surface area contributed by atoms with Crippen LogP contribution in [0.3, 0.4) is 0 Å². The fraction of sp³-hybridized carbons (Fsp3) is 0.379. The van der Waals surface area contributed by atoms with Crippen molar-refractivity contribution < 1.29 is 33.9 Å². The maximum atomic E-state index is 9.84. The molecule has 1 aliphatic heterocycles. The Morgan fingerprint density at radius 2 is 1.14 bits per heavy atom. The summed E-state index contributed by atoms with van der Waals surface area (Å²) < 4.78 is 30.9. The molecule has 0 spiro atoms. The monoisotopic (exact) mass is 494 g/mol. The molecule has 0 radical (unpaired) electrons. The van der Waals surface area contributed by atoms with Gasteiger partial charge in [-0.1, -0.05) is 91.0 Å². The Labute approximate surface area is 212 Å². The summed E-state index contributed by atoms with van der Waals surface area (Å²) in [5, 5.41) is 19.1. The molecule has 0 bridgehead atoms. The van der Waals surface area contributed by atoms with E-state index in [1.165, 1.54) is 0 Å². The molecule has 1 aliphatic rings. The zero-order chi connectivity index (χ0) is 25.0. The first kappa shape index (κ1) is 26.4. The van der Waals surface area contributed by atoms with Crippen LogP contribution in [-0.4, -0.2) is 60.7 Å². The Bertz CT molecular complexity index is 986. The molecule has 0 aliphatic carbocycles. The van der Waals surface area contributed by atoms with Crippen molar-refractivity contribution in [1.29, 1.82) is 0 Å². The summed E-state index contributed by atoms with van der Waals surface area (Å²) in [7, 11) is 0. The van der Waals surface area contributed by atoms with Crippen LogP contribution >= 0.6 is 0 Å². The fourth-order valence-corrected chi connectivity index (χ4v) is 3.98. The normalized spacial score (nSPS) is 22.8. The Morgan fingerprint density at radius 1 is 0.667 bits per heavy atom. The van der Waals surface area contributed by atoms with E-state index in [9.17, 15) is 10.2 Å². The highest BCUT2D eigenvalue weighted by Gasteiger charge is 2.44. The summed E-state index contributed by atoms with van der Waals surface area (Å²) in [5.74, 6) is 0. The van der Waals surface area contributed by atoms with Crippen LogP contribution in [0.25, 0.3) is 0 Å². The Kier molecular flexibility index (Phi) is 10.4. The van der Waals surface area contributed by atoms with Crippen molar-refractivity contribution in [2.45, 2.75) is 50.5 Å². The molecule has 4 rings (SSSR count). The van der Waals surface area contributed by atoms with E-state index in [4.69, 9.17) is 23.7 Å². The Hall–Kier alpha value is -2.62. The lowest BCUT2D eigenvalue weighted by atomic mass is 10.0. The van der Waals surface area contributed by atoms with E-state index in [-0.39, 0.29) is 13.2 Å². The predicted molar refractivity (Wildman–Crippen MR) is 134 cm³/mol. The lowest BCUT2D eigenvalue weighted by molar-refractivity contribution is -0.303. The molecular formula is C29H34O7. The molecule has 0 amide bonds. The molecule has 0 unspecified atom stereocenters. The molecule has 1 saturated heterocycles. The van der Waals surface area contributed by atoms with E-state index in [0.717, 1.165) is 16.7 Å². The molecular weight excluding hydrogens is 460 g/mol. The highest BCUT2D eigenvalue weighted by molar-refractivity contribution is 5.15. The van der Waals surface area contributed by atoms with Crippen LogP contribution in [0.4, 0.5) is 0 Å². The second-order valence-electron chi connectivity index (χ2n) is 8.73. The smallest absolute Gasteiger partial charge is 0.186 e. The predicted octanol–water partition coefficient (Wildman–Crippen LogP) is 3.47. The second kappa shape index (κ2) is 14.2. The van der Waals surface area contributed by atoms with Gasteiger partial charge in [0.05, 0.1) is 39.6 Å². The van der Waals surface area contributed by atoms with Crippen molar-refractivity contribution >= 4 is 0 Å². The SMILES string of the molecule is OC[C@H](O)CO[C@@H]1OC[C@@H](OCc2ccccc2)[C@H](OCc2ccccc2)[C@H]1OCc1ccccc1. The van der Waals surface area contributed by atoms with Gasteiger partial charge in [-0.25, -0.2) is 0 Å². The van der Waals surface area contributed by atoms with Gasteiger partial charge in [0.1, 0.15) is 24.4 Å². The molecule has 0 saturated carbocycles. The van der Waals surface area contributed by atoms with Gasteiger partial charge in [-0.15, -0.1) is 0 Å². The van der Waals surface area contributed by atoms with Gasteiger partial charge in [0.15, 0.2) is 6.29 Å². The molecule has 7 heteroatoms. The maximum Gasteiger partial charge on any atom is 0.186 e. The molecule has 7 nitrogen and oxygen atoms in total. The zero-order valence-corrected chi connectivity index (χ0v) is 20.2. The van der Waals surface area contributed by atoms with Crippen LogP contribution in [-0.2, 0) is 43.5 Å². The third kappa shape index (κ3) is 7.94. The van der Waals surface area contributed by atoms with Gasteiger partial charge < -0.3 is 33.9 Å². The molecule has 5 atom stereocenters. The molecule has 3 aromatic rings. The number of hydrogen-bond acceptors (Lipinski definition) is 7. The summed E-state index contributed by atoms with van der Waals surface area (Å²) >= 11 is 0. The van der Waals surface area contributed by atoms with Crippen molar-refractivity contribution in [3.63, 3.8) is 0 Å². The number of aliphatic hydroxyl groups is 2. The van der Waals surface area contributed by atoms with E-state index in [2.05, 4.69) is 0 Å². The lowest BCUT2D eigenvalue weighted by Crippen LogP contribution is -2.57. The Morgan fingerprint density at radius 3 is 1.64 bits per heavy atom. The van der Waals surface area contributed by atoms with Gasteiger partial charge in [-0.3, -0.25) is 0 Å². The first-order valence-corrected chi connectivity index (χ1v) is 12.2. The number of rotatable bonds is 13. The van der Waals surface area contributed by atoms with E-state index < -0.39 is 37.3 Å². The molecule has 3 aromatic carbocycles. The molecule has 2 N–H and O–H groups in total. The second-order valence-corrected chi connectivity index (χ2v) is 8.73.